The zero-order chi connectivity index (χ0) is 14.1. The minimum absolute atomic E-state index is 0.0114. The molecule has 0 fully saturated rings. The molecule has 1 aromatic heterocycles. The predicted octanol–water partition coefficient (Wildman–Crippen LogP) is 2.28. The smallest absolute Gasteiger partial charge is 0.360 e. The fraction of sp³-hybridized carbons (Fsp3) is 0.133. The number of esters is 1. The molecule has 0 amide bonds. The fourth-order valence-corrected chi connectivity index (χ4v) is 2.19. The van der Waals surface area contributed by atoms with Crippen LogP contribution in [0, 0.1) is 0 Å². The first-order valence-corrected chi connectivity index (χ1v) is 6.07. The van der Waals surface area contributed by atoms with Crippen molar-refractivity contribution in [2.45, 2.75) is 6.42 Å². The standard InChI is InChI=1S/C15H11NO4/c1-19-15(18)12-8-20-14(16-12)13(17)11-7-6-9-4-2-3-5-10(9)11/h2-5,7-8H,6H2,1H3. The van der Waals surface area contributed by atoms with Crippen molar-refractivity contribution in [3.63, 3.8) is 0 Å². The molecule has 3 rings (SSSR count). The van der Waals surface area contributed by atoms with Crippen molar-refractivity contribution in [2.24, 2.45) is 0 Å². The summed E-state index contributed by atoms with van der Waals surface area (Å²) >= 11 is 0. The molecule has 5 heteroatoms. The van der Waals surface area contributed by atoms with Crippen LogP contribution < -0.4 is 0 Å². The molecule has 1 aliphatic carbocycles. The highest BCUT2D eigenvalue weighted by Gasteiger charge is 2.25. The Balaban J connectivity index is 1.91. The average molecular weight is 269 g/mol. The molecule has 2 aromatic rings. The van der Waals surface area contributed by atoms with Crippen LogP contribution in [0.15, 0.2) is 41.0 Å². The van der Waals surface area contributed by atoms with Gasteiger partial charge in [-0.3, -0.25) is 4.79 Å². The van der Waals surface area contributed by atoms with Crippen molar-refractivity contribution in [3.05, 3.63) is 59.3 Å². The zero-order valence-electron chi connectivity index (χ0n) is 10.8. The molecule has 20 heavy (non-hydrogen) atoms. The summed E-state index contributed by atoms with van der Waals surface area (Å²) in [5, 5.41) is 0. The van der Waals surface area contributed by atoms with Gasteiger partial charge in [0.25, 0.3) is 5.89 Å². The van der Waals surface area contributed by atoms with E-state index >= 15 is 0 Å². The molecule has 1 aromatic carbocycles. The quantitative estimate of drug-likeness (QED) is 0.631. The molecule has 0 bridgehead atoms. The van der Waals surface area contributed by atoms with Crippen molar-refractivity contribution < 1.29 is 18.7 Å². The third-order valence-corrected chi connectivity index (χ3v) is 3.17. The molecule has 0 saturated carbocycles. The molecule has 0 unspecified atom stereocenters. The van der Waals surface area contributed by atoms with E-state index < -0.39 is 5.97 Å². The van der Waals surface area contributed by atoms with Crippen molar-refractivity contribution in [1.29, 1.82) is 0 Å². The summed E-state index contributed by atoms with van der Waals surface area (Å²) in [5.74, 6) is -1.06. The maximum atomic E-state index is 12.4. The van der Waals surface area contributed by atoms with Crippen LogP contribution in [0.25, 0.3) is 5.57 Å². The molecule has 1 aliphatic rings. The number of benzene rings is 1. The Hall–Kier alpha value is -2.69. The molecule has 0 atom stereocenters. The van der Waals surface area contributed by atoms with Gasteiger partial charge in [-0.15, -0.1) is 0 Å². The summed E-state index contributed by atoms with van der Waals surface area (Å²) in [6, 6.07) is 7.67. The number of nitrogens with zero attached hydrogens (tertiary/aromatic N) is 1. The van der Waals surface area contributed by atoms with Crippen LogP contribution in [0.1, 0.15) is 32.3 Å². The number of rotatable bonds is 3. The van der Waals surface area contributed by atoms with E-state index in [1.807, 2.05) is 30.3 Å². The number of hydrogen-bond acceptors (Lipinski definition) is 5. The van der Waals surface area contributed by atoms with Gasteiger partial charge in [0.1, 0.15) is 6.26 Å². The number of ketones is 1. The highest BCUT2D eigenvalue weighted by Crippen LogP contribution is 2.29. The number of oxazole rings is 1. The summed E-state index contributed by atoms with van der Waals surface area (Å²) in [5.41, 5.74) is 2.52. The molecular formula is C15H11NO4. The summed E-state index contributed by atoms with van der Waals surface area (Å²) in [6.07, 6.45) is 3.68. The van der Waals surface area contributed by atoms with Gasteiger partial charge in [-0.05, 0) is 17.5 Å². The Bertz CT molecular complexity index is 727. The number of carbonyl (C=O) groups is 2. The number of carbonyl (C=O) groups excluding carboxylic acids is 2. The largest absolute Gasteiger partial charge is 0.464 e. The summed E-state index contributed by atoms with van der Waals surface area (Å²) in [6.45, 7) is 0. The normalized spacial score (nSPS) is 12.8. The maximum absolute atomic E-state index is 12.4. The first-order chi connectivity index (χ1) is 9.70. The second-order valence-electron chi connectivity index (χ2n) is 4.34. The number of hydrogen-bond donors (Lipinski definition) is 0. The number of aromatic nitrogens is 1. The lowest BCUT2D eigenvalue weighted by atomic mass is 10.0. The minimum atomic E-state index is -0.631. The Morgan fingerprint density at radius 2 is 2.10 bits per heavy atom. The van der Waals surface area contributed by atoms with Gasteiger partial charge in [-0.1, -0.05) is 30.3 Å². The Kier molecular flexibility index (Phi) is 2.95. The molecule has 5 nitrogen and oxygen atoms in total. The third kappa shape index (κ3) is 1.93. The number of ether oxygens (including phenoxy) is 1. The minimum Gasteiger partial charge on any atom is -0.464 e. The molecule has 0 saturated heterocycles. The Morgan fingerprint density at radius 1 is 1.30 bits per heavy atom. The van der Waals surface area contributed by atoms with E-state index in [4.69, 9.17) is 4.42 Å². The number of allylic oxidation sites excluding steroid dienone is 2. The van der Waals surface area contributed by atoms with Gasteiger partial charge in [-0.25, -0.2) is 4.79 Å². The highest BCUT2D eigenvalue weighted by atomic mass is 16.5. The van der Waals surface area contributed by atoms with Crippen LogP contribution in [0.5, 0.6) is 0 Å². The van der Waals surface area contributed by atoms with Gasteiger partial charge in [0, 0.05) is 5.57 Å². The van der Waals surface area contributed by atoms with Gasteiger partial charge in [0.2, 0.25) is 5.78 Å². The molecule has 100 valence electrons. The van der Waals surface area contributed by atoms with Crippen LogP contribution in [0.2, 0.25) is 0 Å². The lowest BCUT2D eigenvalue weighted by Gasteiger charge is -2.01. The first kappa shape index (κ1) is 12.3. The second-order valence-corrected chi connectivity index (χ2v) is 4.34. The van der Waals surface area contributed by atoms with E-state index in [1.54, 1.807) is 0 Å². The summed E-state index contributed by atoms with van der Waals surface area (Å²) in [4.78, 5) is 27.5. The fourth-order valence-electron chi connectivity index (χ4n) is 2.19. The maximum Gasteiger partial charge on any atom is 0.360 e. The van der Waals surface area contributed by atoms with Gasteiger partial charge < -0.3 is 9.15 Å². The lowest BCUT2D eigenvalue weighted by molar-refractivity contribution is 0.0594. The van der Waals surface area contributed by atoms with Crippen LogP contribution in [-0.4, -0.2) is 23.8 Å². The highest BCUT2D eigenvalue weighted by molar-refractivity contribution is 6.28. The van der Waals surface area contributed by atoms with Crippen LogP contribution in [0.3, 0.4) is 0 Å². The van der Waals surface area contributed by atoms with E-state index in [2.05, 4.69) is 9.72 Å². The molecule has 0 aliphatic heterocycles. The monoisotopic (exact) mass is 269 g/mol. The van der Waals surface area contributed by atoms with Crippen LogP contribution >= 0.6 is 0 Å². The zero-order valence-corrected chi connectivity index (χ0v) is 10.8. The predicted molar refractivity (Wildman–Crippen MR) is 70.3 cm³/mol. The molecular weight excluding hydrogens is 258 g/mol. The molecule has 1 heterocycles. The topological polar surface area (TPSA) is 69.4 Å². The van der Waals surface area contributed by atoms with E-state index in [-0.39, 0.29) is 17.4 Å². The first-order valence-electron chi connectivity index (χ1n) is 6.07. The summed E-state index contributed by atoms with van der Waals surface area (Å²) < 4.78 is 9.60. The number of methoxy groups -OCH3 is 1. The Morgan fingerprint density at radius 3 is 2.90 bits per heavy atom. The third-order valence-electron chi connectivity index (χ3n) is 3.17. The number of fused-ring (bicyclic) bond motifs is 1. The van der Waals surface area contributed by atoms with E-state index in [1.165, 1.54) is 7.11 Å². The van der Waals surface area contributed by atoms with Gasteiger partial charge >= 0.3 is 5.97 Å². The van der Waals surface area contributed by atoms with Crippen molar-refractivity contribution in [1.82, 2.24) is 4.98 Å². The van der Waals surface area contributed by atoms with Crippen molar-refractivity contribution in [3.8, 4) is 0 Å². The Labute approximate surface area is 114 Å². The van der Waals surface area contributed by atoms with E-state index in [0.29, 0.717) is 12.0 Å². The average Bonchev–Trinajstić information content (AvgIpc) is 3.12. The summed E-state index contributed by atoms with van der Waals surface area (Å²) in [7, 11) is 1.24. The van der Waals surface area contributed by atoms with E-state index in [9.17, 15) is 9.59 Å². The van der Waals surface area contributed by atoms with Gasteiger partial charge in [-0.2, -0.15) is 4.98 Å². The lowest BCUT2D eigenvalue weighted by Crippen LogP contribution is -2.05. The molecule has 0 spiro atoms. The van der Waals surface area contributed by atoms with Gasteiger partial charge in [0.05, 0.1) is 7.11 Å². The van der Waals surface area contributed by atoms with E-state index in [0.717, 1.165) is 17.4 Å². The van der Waals surface area contributed by atoms with Crippen molar-refractivity contribution in [2.75, 3.05) is 7.11 Å². The molecule has 0 radical (unpaired) electrons. The van der Waals surface area contributed by atoms with Crippen LogP contribution in [-0.2, 0) is 11.2 Å². The second kappa shape index (κ2) is 4.77. The SMILES string of the molecule is COC(=O)c1coc(C(=O)C2=CCc3ccccc32)n1. The van der Waals surface area contributed by atoms with Gasteiger partial charge in [0.15, 0.2) is 5.69 Å². The van der Waals surface area contributed by atoms with Crippen molar-refractivity contribution >= 4 is 17.3 Å². The number of Topliss-reactive ketones (excluding diaryl/α,β-unsaturated/α-hetero) is 1. The van der Waals surface area contributed by atoms with Crippen LogP contribution in [0.4, 0.5) is 0 Å². The molecule has 0 N–H and O–H groups in total.